The van der Waals surface area contributed by atoms with Crippen LogP contribution in [0.3, 0.4) is 0 Å². The Morgan fingerprint density at radius 3 is 2.72 bits per heavy atom. The van der Waals surface area contributed by atoms with E-state index in [1.165, 1.54) is 13.2 Å². The zero-order valence-electron chi connectivity index (χ0n) is 17.5. The summed E-state index contributed by atoms with van der Waals surface area (Å²) in [7, 11) is 1.52. The number of carbonyl (C=O) groups is 3. The number of hydrogen-bond acceptors (Lipinski definition) is 7. The molecule has 2 aliphatic rings. The molecule has 3 aromatic rings. The van der Waals surface area contributed by atoms with Crippen LogP contribution >= 0.6 is 0 Å². The Kier molecular flexibility index (Phi) is 4.54. The van der Waals surface area contributed by atoms with Crippen LogP contribution in [-0.4, -0.2) is 50.9 Å². The molecule has 1 aliphatic heterocycles. The Morgan fingerprint density at radius 1 is 1.25 bits per heavy atom. The normalized spacial score (nSPS) is 16.9. The summed E-state index contributed by atoms with van der Waals surface area (Å²) in [5.41, 5.74) is 7.35. The molecule has 2 fully saturated rings. The zero-order chi connectivity index (χ0) is 22.5. The smallest absolute Gasteiger partial charge is 0.254 e. The summed E-state index contributed by atoms with van der Waals surface area (Å²) in [5, 5.41) is 10.1. The first kappa shape index (κ1) is 19.9. The van der Waals surface area contributed by atoms with E-state index in [2.05, 4.69) is 25.7 Å². The molecule has 0 unspecified atom stereocenters. The number of hydrogen-bond donors (Lipinski definition) is 3. The van der Waals surface area contributed by atoms with Gasteiger partial charge in [-0.05, 0) is 37.5 Å². The highest BCUT2D eigenvalue weighted by Crippen LogP contribution is 2.47. The van der Waals surface area contributed by atoms with Crippen molar-refractivity contribution in [1.82, 2.24) is 24.9 Å². The average Bonchev–Trinajstić information content (AvgIpc) is 3.35. The van der Waals surface area contributed by atoms with E-state index in [0.717, 1.165) is 12.1 Å². The number of fused-ring (bicyclic) bond motifs is 1. The molecule has 3 amide bonds. The summed E-state index contributed by atoms with van der Waals surface area (Å²) in [6.45, 7) is 0.682. The monoisotopic (exact) mass is 434 g/mol. The van der Waals surface area contributed by atoms with Gasteiger partial charge in [0.25, 0.3) is 5.91 Å². The first-order valence-electron chi connectivity index (χ1n) is 10.4. The predicted octanol–water partition coefficient (Wildman–Crippen LogP) is 0.871. The van der Waals surface area contributed by atoms with Crippen molar-refractivity contribution in [3.8, 4) is 0 Å². The van der Waals surface area contributed by atoms with Gasteiger partial charge in [0.05, 0.1) is 34.2 Å². The second-order valence-electron chi connectivity index (χ2n) is 8.04. The molecule has 0 bridgehead atoms. The number of amides is 3. The molecule has 1 saturated carbocycles. The molecule has 3 aromatic heterocycles. The van der Waals surface area contributed by atoms with E-state index in [1.54, 1.807) is 27.7 Å². The van der Waals surface area contributed by atoms with Crippen LogP contribution in [0, 0.1) is 0 Å². The van der Waals surface area contributed by atoms with Crippen LogP contribution < -0.4 is 21.3 Å². The summed E-state index contributed by atoms with van der Waals surface area (Å²) >= 11 is 0. The third-order valence-corrected chi connectivity index (χ3v) is 6.03. The van der Waals surface area contributed by atoms with Crippen molar-refractivity contribution in [1.29, 1.82) is 0 Å². The number of pyridine rings is 2. The minimum absolute atomic E-state index is 0.0887. The number of nitrogens with two attached hydrogens (primary N) is 1. The maximum atomic E-state index is 12.4. The van der Waals surface area contributed by atoms with Gasteiger partial charge in [0.1, 0.15) is 0 Å². The molecule has 11 nitrogen and oxygen atoms in total. The molecule has 1 aliphatic carbocycles. The van der Waals surface area contributed by atoms with E-state index >= 15 is 0 Å². The third kappa shape index (κ3) is 3.22. The SMILES string of the molecule is CNC(=O)c1cnc(C2(C(N)=O)CC2)cc1Nc1nc2ccc(N3CCCC3=O)cn2n1. The summed E-state index contributed by atoms with van der Waals surface area (Å²) < 4.78 is 1.58. The van der Waals surface area contributed by atoms with Gasteiger partial charge in [0.15, 0.2) is 5.65 Å². The van der Waals surface area contributed by atoms with Crippen molar-refractivity contribution in [2.24, 2.45) is 5.73 Å². The number of carbonyl (C=O) groups excluding carboxylic acids is 3. The summed E-state index contributed by atoms with van der Waals surface area (Å²) in [6, 6.07) is 5.27. The highest BCUT2D eigenvalue weighted by molar-refractivity contribution is 6.00. The summed E-state index contributed by atoms with van der Waals surface area (Å²) in [5.74, 6) is -0.417. The van der Waals surface area contributed by atoms with Crippen LogP contribution in [0.25, 0.3) is 5.65 Å². The van der Waals surface area contributed by atoms with Crippen LogP contribution in [0.15, 0.2) is 30.6 Å². The van der Waals surface area contributed by atoms with E-state index < -0.39 is 11.3 Å². The Balaban J connectivity index is 1.50. The fourth-order valence-corrected chi connectivity index (χ4v) is 4.02. The second-order valence-corrected chi connectivity index (χ2v) is 8.04. The van der Waals surface area contributed by atoms with Gasteiger partial charge in [0, 0.05) is 26.2 Å². The molecule has 11 heteroatoms. The fourth-order valence-electron chi connectivity index (χ4n) is 4.02. The lowest BCUT2D eigenvalue weighted by Crippen LogP contribution is -2.29. The van der Waals surface area contributed by atoms with Crippen molar-refractivity contribution >= 4 is 40.7 Å². The summed E-state index contributed by atoms with van der Waals surface area (Å²) in [6.07, 6.45) is 5.80. The van der Waals surface area contributed by atoms with Crippen LogP contribution in [0.1, 0.15) is 41.7 Å². The molecule has 5 rings (SSSR count). The maximum Gasteiger partial charge on any atom is 0.254 e. The number of rotatable bonds is 6. The molecular weight excluding hydrogens is 412 g/mol. The zero-order valence-corrected chi connectivity index (χ0v) is 17.5. The topological polar surface area (TPSA) is 148 Å². The van der Waals surface area contributed by atoms with E-state index in [4.69, 9.17) is 5.73 Å². The van der Waals surface area contributed by atoms with Gasteiger partial charge in [0.2, 0.25) is 17.8 Å². The van der Waals surface area contributed by atoms with Gasteiger partial charge in [-0.1, -0.05) is 0 Å². The van der Waals surface area contributed by atoms with Gasteiger partial charge in [-0.25, -0.2) is 4.52 Å². The Bertz CT molecular complexity index is 1260. The Hall–Kier alpha value is -4.02. The van der Waals surface area contributed by atoms with Gasteiger partial charge >= 0.3 is 0 Å². The lowest BCUT2D eigenvalue weighted by molar-refractivity contribution is -0.120. The van der Waals surface area contributed by atoms with Crippen molar-refractivity contribution < 1.29 is 14.4 Å². The molecule has 164 valence electrons. The maximum absolute atomic E-state index is 12.4. The number of aromatic nitrogens is 4. The molecule has 0 atom stereocenters. The standard InChI is InChI=1S/C21H22N8O3/c1-23-18(31)13-10-24-15(21(6-7-21)19(22)32)9-14(13)25-20-26-16-5-4-12(11-29(16)27-20)28-8-2-3-17(28)30/h4-5,9-11H,2-3,6-8H2,1H3,(H2,22,32)(H,23,31)(H,24,25,27). The Labute approximate surface area is 183 Å². The molecule has 32 heavy (non-hydrogen) atoms. The van der Waals surface area contributed by atoms with Crippen LogP contribution in [0.2, 0.25) is 0 Å². The van der Waals surface area contributed by atoms with Crippen LogP contribution in [0.5, 0.6) is 0 Å². The number of anilines is 3. The minimum Gasteiger partial charge on any atom is -0.369 e. The van der Waals surface area contributed by atoms with Gasteiger partial charge in [-0.3, -0.25) is 19.4 Å². The van der Waals surface area contributed by atoms with E-state index in [9.17, 15) is 14.4 Å². The van der Waals surface area contributed by atoms with Gasteiger partial charge in [-0.15, -0.1) is 5.10 Å². The molecule has 0 spiro atoms. The number of nitrogens with zero attached hydrogens (tertiary/aromatic N) is 5. The molecule has 1 saturated heterocycles. The average molecular weight is 434 g/mol. The number of nitrogens with one attached hydrogen (secondary N) is 2. The molecule has 4 heterocycles. The molecule has 4 N–H and O–H groups in total. The number of primary amides is 1. The van der Waals surface area contributed by atoms with Gasteiger partial charge in [-0.2, -0.15) is 4.98 Å². The van der Waals surface area contributed by atoms with Crippen molar-refractivity contribution in [3.05, 3.63) is 41.9 Å². The van der Waals surface area contributed by atoms with Crippen LogP contribution in [-0.2, 0) is 15.0 Å². The van der Waals surface area contributed by atoms with Crippen LogP contribution in [0.4, 0.5) is 17.3 Å². The second kappa shape index (κ2) is 7.29. The van der Waals surface area contributed by atoms with E-state index in [1.807, 2.05) is 6.07 Å². The quantitative estimate of drug-likeness (QED) is 0.521. The summed E-state index contributed by atoms with van der Waals surface area (Å²) in [4.78, 5) is 46.9. The lowest BCUT2D eigenvalue weighted by atomic mass is 9.99. The minimum atomic E-state index is -0.791. The van der Waals surface area contributed by atoms with Gasteiger partial charge < -0.3 is 21.3 Å². The predicted molar refractivity (Wildman–Crippen MR) is 116 cm³/mol. The third-order valence-electron chi connectivity index (χ3n) is 6.03. The highest BCUT2D eigenvalue weighted by atomic mass is 16.2. The Morgan fingerprint density at radius 2 is 2.06 bits per heavy atom. The first-order valence-corrected chi connectivity index (χ1v) is 10.4. The molecule has 0 radical (unpaired) electrons. The largest absolute Gasteiger partial charge is 0.369 e. The molecular formula is C21H22N8O3. The van der Waals surface area contributed by atoms with Crippen molar-refractivity contribution in [2.45, 2.75) is 31.1 Å². The fraction of sp³-hybridized carbons (Fsp3) is 0.333. The van der Waals surface area contributed by atoms with Crippen molar-refractivity contribution in [3.63, 3.8) is 0 Å². The van der Waals surface area contributed by atoms with Crippen molar-refractivity contribution in [2.75, 3.05) is 23.8 Å². The molecule has 0 aromatic carbocycles. The first-order chi connectivity index (χ1) is 15.4. The van der Waals surface area contributed by atoms with E-state index in [0.29, 0.717) is 48.4 Å². The lowest BCUT2D eigenvalue weighted by Gasteiger charge is -2.15. The highest BCUT2D eigenvalue weighted by Gasteiger charge is 2.51. The van der Waals surface area contributed by atoms with E-state index in [-0.39, 0.29) is 17.8 Å².